The number of carbonyl (C=O) groups excluding carboxylic acids is 2. The number of amides is 2. The van der Waals surface area contributed by atoms with Crippen LogP contribution in [0.1, 0.15) is 37.7 Å². The van der Waals surface area contributed by atoms with E-state index in [4.69, 9.17) is 4.74 Å². The Morgan fingerprint density at radius 2 is 1.87 bits per heavy atom. The van der Waals surface area contributed by atoms with Crippen LogP contribution in [0, 0.1) is 0 Å². The molecule has 2 heterocycles. The predicted octanol–water partition coefficient (Wildman–Crippen LogP) is 4.94. The number of rotatable bonds is 4. The van der Waals surface area contributed by atoms with Crippen LogP contribution in [-0.2, 0) is 23.1 Å². The average Bonchev–Trinajstić information content (AvgIpc) is 3.29. The second-order valence-corrected chi connectivity index (χ2v) is 8.98. The first-order chi connectivity index (χ1) is 14.3. The highest BCUT2D eigenvalue weighted by Gasteiger charge is 2.23. The van der Waals surface area contributed by atoms with Crippen molar-refractivity contribution >= 4 is 34.0 Å². The van der Waals surface area contributed by atoms with Crippen LogP contribution in [0.4, 0.5) is 15.6 Å². The third kappa shape index (κ3) is 4.49. The highest BCUT2D eigenvalue weighted by molar-refractivity contribution is 7.14. The van der Waals surface area contributed by atoms with Crippen LogP contribution in [0.25, 0.3) is 0 Å². The van der Waals surface area contributed by atoms with E-state index in [2.05, 4.69) is 41.4 Å². The molecule has 0 bridgehead atoms. The smallest absolute Gasteiger partial charge is 0.325 e. The molecule has 7 nitrogen and oxygen atoms in total. The molecular weight excluding hydrogens is 400 g/mol. The molecule has 154 valence electrons. The van der Waals surface area contributed by atoms with Crippen molar-refractivity contribution in [2.75, 3.05) is 10.6 Å². The van der Waals surface area contributed by atoms with E-state index >= 15 is 0 Å². The summed E-state index contributed by atoms with van der Waals surface area (Å²) in [5, 5.41) is 8.04. The van der Waals surface area contributed by atoms with E-state index in [-0.39, 0.29) is 17.2 Å². The summed E-state index contributed by atoms with van der Waals surface area (Å²) >= 11 is 1.40. The Labute approximate surface area is 178 Å². The third-order valence-electron chi connectivity index (χ3n) is 4.67. The Morgan fingerprint density at radius 3 is 2.57 bits per heavy atom. The lowest BCUT2D eigenvalue weighted by Gasteiger charge is -2.14. The first-order valence-electron chi connectivity index (χ1n) is 9.58. The van der Waals surface area contributed by atoms with Crippen LogP contribution in [-0.4, -0.2) is 21.8 Å². The zero-order valence-electron chi connectivity index (χ0n) is 17.0. The van der Waals surface area contributed by atoms with E-state index in [1.165, 1.54) is 11.3 Å². The summed E-state index contributed by atoms with van der Waals surface area (Å²) in [5.41, 5.74) is 3.13. The van der Waals surface area contributed by atoms with Gasteiger partial charge in [0.15, 0.2) is 5.13 Å². The number of Topliss-reactive ketones (excluding diaryl/α,β-unsaturated/α-hetero) is 1. The Hall–Kier alpha value is -3.26. The van der Waals surface area contributed by atoms with E-state index < -0.39 is 0 Å². The fourth-order valence-electron chi connectivity index (χ4n) is 3.07. The highest BCUT2D eigenvalue weighted by Crippen LogP contribution is 2.31. The zero-order chi connectivity index (χ0) is 21.3. The third-order valence-corrected chi connectivity index (χ3v) is 5.43. The molecule has 4 rings (SSSR count). The molecule has 0 unspecified atom stereocenters. The summed E-state index contributed by atoms with van der Waals surface area (Å²) < 4.78 is 5.93. The molecule has 0 spiro atoms. The summed E-state index contributed by atoms with van der Waals surface area (Å²) in [6, 6.07) is 8.44. The molecule has 1 aliphatic carbocycles. The van der Waals surface area contributed by atoms with Gasteiger partial charge in [-0.1, -0.05) is 20.8 Å². The first-order valence-corrected chi connectivity index (χ1v) is 10.5. The van der Waals surface area contributed by atoms with Crippen LogP contribution in [0.3, 0.4) is 0 Å². The summed E-state index contributed by atoms with van der Waals surface area (Å²) in [5.74, 6) is 1.40. The van der Waals surface area contributed by atoms with Crippen LogP contribution < -0.4 is 15.4 Å². The average molecular weight is 423 g/mol. The molecule has 0 radical (unpaired) electrons. The number of hydrogen-bond donors (Lipinski definition) is 2. The Bertz CT molecular complexity index is 1100. The molecule has 1 aromatic carbocycles. The van der Waals surface area contributed by atoms with E-state index in [0.717, 1.165) is 17.0 Å². The molecule has 0 saturated carbocycles. The van der Waals surface area contributed by atoms with Crippen molar-refractivity contribution in [2.45, 2.75) is 39.0 Å². The van der Waals surface area contributed by atoms with Gasteiger partial charge in [0.2, 0.25) is 0 Å². The van der Waals surface area contributed by atoms with Gasteiger partial charge >= 0.3 is 6.03 Å². The number of thiazole rings is 1. The lowest BCUT2D eigenvalue weighted by atomic mass is 9.93. The molecule has 0 saturated heterocycles. The first kappa shape index (κ1) is 20.0. The second kappa shape index (κ2) is 7.87. The SMILES string of the molecule is CC(C)(C)c1csc(NC(=O)Nc2ccc(Oc3ccnc4c3CC(=O)C4)cc2)n1. The summed E-state index contributed by atoms with van der Waals surface area (Å²) in [6.45, 7) is 6.23. The van der Waals surface area contributed by atoms with Crippen molar-refractivity contribution in [3.63, 3.8) is 0 Å². The number of benzene rings is 1. The van der Waals surface area contributed by atoms with Gasteiger partial charge in [-0.15, -0.1) is 11.3 Å². The molecule has 2 aromatic heterocycles. The predicted molar refractivity (Wildman–Crippen MR) is 117 cm³/mol. The summed E-state index contributed by atoms with van der Waals surface area (Å²) in [6.07, 6.45) is 2.36. The molecule has 30 heavy (non-hydrogen) atoms. The topological polar surface area (TPSA) is 93.2 Å². The normalized spacial score (nSPS) is 13.1. The van der Waals surface area contributed by atoms with Crippen molar-refractivity contribution in [2.24, 2.45) is 0 Å². The van der Waals surface area contributed by atoms with Gasteiger partial charge in [-0.25, -0.2) is 9.78 Å². The van der Waals surface area contributed by atoms with Crippen LogP contribution in [0.2, 0.25) is 0 Å². The second-order valence-electron chi connectivity index (χ2n) is 8.12. The number of nitrogens with zero attached hydrogens (tertiary/aromatic N) is 2. The summed E-state index contributed by atoms with van der Waals surface area (Å²) in [7, 11) is 0. The van der Waals surface area contributed by atoms with Gasteiger partial charge in [0.1, 0.15) is 17.3 Å². The van der Waals surface area contributed by atoms with Gasteiger partial charge in [-0.3, -0.25) is 15.1 Å². The van der Waals surface area contributed by atoms with Gasteiger partial charge in [-0.2, -0.15) is 0 Å². The molecule has 0 atom stereocenters. The number of ketones is 1. The molecular formula is C22H22N4O3S. The van der Waals surface area contributed by atoms with E-state index in [9.17, 15) is 9.59 Å². The van der Waals surface area contributed by atoms with Crippen molar-refractivity contribution in [1.29, 1.82) is 0 Å². The van der Waals surface area contributed by atoms with E-state index in [1.54, 1.807) is 36.5 Å². The van der Waals surface area contributed by atoms with E-state index in [1.807, 2.05) is 5.38 Å². The van der Waals surface area contributed by atoms with Crippen molar-refractivity contribution in [3.8, 4) is 11.5 Å². The highest BCUT2D eigenvalue weighted by atomic mass is 32.1. The number of ether oxygens (including phenoxy) is 1. The lowest BCUT2D eigenvalue weighted by Crippen LogP contribution is -2.19. The maximum absolute atomic E-state index is 12.2. The van der Waals surface area contributed by atoms with E-state index in [0.29, 0.717) is 35.2 Å². The van der Waals surface area contributed by atoms with Crippen LogP contribution >= 0.6 is 11.3 Å². The monoisotopic (exact) mass is 422 g/mol. The fraction of sp³-hybridized carbons (Fsp3) is 0.273. The van der Waals surface area contributed by atoms with Crippen LogP contribution in [0.15, 0.2) is 41.9 Å². The Kier molecular flexibility index (Phi) is 5.26. The van der Waals surface area contributed by atoms with Gasteiger partial charge in [-0.05, 0) is 30.3 Å². The van der Waals surface area contributed by atoms with Crippen molar-refractivity contribution in [1.82, 2.24) is 9.97 Å². The molecule has 3 aromatic rings. The molecule has 1 aliphatic rings. The number of fused-ring (bicyclic) bond motifs is 1. The maximum atomic E-state index is 12.2. The number of aromatic nitrogens is 2. The van der Waals surface area contributed by atoms with Crippen molar-refractivity contribution < 1.29 is 14.3 Å². The number of pyridine rings is 1. The van der Waals surface area contributed by atoms with Crippen molar-refractivity contribution in [3.05, 3.63) is 58.9 Å². The molecule has 8 heteroatoms. The minimum atomic E-state index is -0.357. The number of carbonyl (C=O) groups is 2. The number of urea groups is 1. The quantitative estimate of drug-likeness (QED) is 0.621. The standard InChI is InChI=1S/C22H22N4O3S/c1-22(2,3)19-12-30-21(25-19)26-20(28)24-13-4-6-15(7-5-13)29-18-8-9-23-17-11-14(27)10-16(17)18/h4-9,12H,10-11H2,1-3H3,(H2,24,25,26,28). The summed E-state index contributed by atoms with van der Waals surface area (Å²) in [4.78, 5) is 32.6. The van der Waals surface area contributed by atoms with Gasteiger partial charge in [0.25, 0.3) is 0 Å². The molecule has 0 fully saturated rings. The van der Waals surface area contributed by atoms with Gasteiger partial charge in [0, 0.05) is 41.1 Å². The van der Waals surface area contributed by atoms with Gasteiger partial charge < -0.3 is 10.1 Å². The maximum Gasteiger partial charge on any atom is 0.325 e. The minimum absolute atomic E-state index is 0.0645. The zero-order valence-corrected chi connectivity index (χ0v) is 17.8. The largest absolute Gasteiger partial charge is 0.457 e. The molecule has 0 aliphatic heterocycles. The Morgan fingerprint density at radius 1 is 1.10 bits per heavy atom. The molecule has 2 N–H and O–H groups in total. The number of anilines is 2. The fourth-order valence-corrected chi connectivity index (χ4v) is 4.00. The van der Waals surface area contributed by atoms with Crippen LogP contribution in [0.5, 0.6) is 11.5 Å². The number of nitrogens with one attached hydrogen (secondary N) is 2. The number of hydrogen-bond acceptors (Lipinski definition) is 6. The van der Waals surface area contributed by atoms with Gasteiger partial charge in [0.05, 0.1) is 11.4 Å². The lowest BCUT2D eigenvalue weighted by molar-refractivity contribution is -0.117. The molecule has 2 amide bonds. The Balaban J connectivity index is 1.37. The minimum Gasteiger partial charge on any atom is -0.457 e.